The van der Waals surface area contributed by atoms with E-state index in [2.05, 4.69) is 40.4 Å². The van der Waals surface area contributed by atoms with Crippen LogP contribution in [-0.2, 0) is 6.54 Å². The molecule has 2 aromatic rings. The van der Waals surface area contributed by atoms with Gasteiger partial charge in [-0.2, -0.15) is 0 Å². The topological polar surface area (TPSA) is 53.9 Å². The fraction of sp³-hybridized carbons (Fsp3) is 0.500. The molecular formula is C14H21N5S2. The third kappa shape index (κ3) is 4.66. The summed E-state index contributed by atoms with van der Waals surface area (Å²) in [5, 5.41) is 13.6. The average Bonchev–Trinajstić information content (AvgIpc) is 2.91. The van der Waals surface area contributed by atoms with Crippen LogP contribution in [0.3, 0.4) is 0 Å². The lowest BCUT2D eigenvalue weighted by molar-refractivity contribution is 0.672. The van der Waals surface area contributed by atoms with Crippen molar-refractivity contribution >= 4 is 28.2 Å². The second-order valence-corrected chi connectivity index (χ2v) is 7.18. The summed E-state index contributed by atoms with van der Waals surface area (Å²) in [6.07, 6.45) is 3.08. The van der Waals surface area contributed by atoms with Crippen LogP contribution in [0.5, 0.6) is 0 Å². The Kier molecular flexibility index (Phi) is 5.96. The van der Waals surface area contributed by atoms with Gasteiger partial charge in [-0.3, -0.25) is 0 Å². The van der Waals surface area contributed by atoms with Crippen LogP contribution in [0.1, 0.15) is 24.5 Å². The Morgan fingerprint density at radius 3 is 2.76 bits per heavy atom. The minimum Gasteiger partial charge on any atom is -0.353 e. The Labute approximate surface area is 134 Å². The molecular weight excluding hydrogens is 302 g/mol. The molecule has 0 saturated carbocycles. The maximum Gasteiger partial charge on any atom is 0.208 e. The maximum atomic E-state index is 4.55. The highest BCUT2D eigenvalue weighted by Crippen LogP contribution is 2.33. The summed E-state index contributed by atoms with van der Waals surface area (Å²) in [6, 6.07) is 2.19. The van der Waals surface area contributed by atoms with Gasteiger partial charge in [0.05, 0.1) is 0 Å². The number of aryl methyl sites for hydroxylation is 1. The van der Waals surface area contributed by atoms with Crippen LogP contribution in [0.2, 0.25) is 0 Å². The van der Waals surface area contributed by atoms with E-state index in [1.54, 1.807) is 23.1 Å². The number of rotatable bonds is 7. The lowest BCUT2D eigenvalue weighted by Crippen LogP contribution is -2.14. The van der Waals surface area contributed by atoms with Gasteiger partial charge in [-0.15, -0.1) is 10.2 Å². The molecule has 2 rings (SSSR count). The van der Waals surface area contributed by atoms with Crippen molar-refractivity contribution in [2.75, 3.05) is 25.5 Å². The molecule has 2 aromatic heterocycles. The smallest absolute Gasteiger partial charge is 0.208 e. The summed E-state index contributed by atoms with van der Waals surface area (Å²) < 4.78 is 0.922. The molecule has 0 fully saturated rings. The van der Waals surface area contributed by atoms with E-state index in [1.807, 2.05) is 25.2 Å². The number of nitrogens with zero attached hydrogens (tertiary/aromatic N) is 4. The van der Waals surface area contributed by atoms with E-state index in [-0.39, 0.29) is 0 Å². The van der Waals surface area contributed by atoms with Crippen molar-refractivity contribution < 1.29 is 0 Å². The Morgan fingerprint density at radius 1 is 1.33 bits per heavy atom. The Morgan fingerprint density at radius 2 is 2.14 bits per heavy atom. The number of hydrogen-bond acceptors (Lipinski definition) is 7. The summed E-state index contributed by atoms with van der Waals surface area (Å²) in [5.74, 6) is 0. The third-order valence-electron chi connectivity index (χ3n) is 2.81. The lowest BCUT2D eigenvalue weighted by atomic mass is 10.2. The van der Waals surface area contributed by atoms with Gasteiger partial charge >= 0.3 is 0 Å². The molecule has 0 atom stereocenters. The first-order chi connectivity index (χ1) is 10.1. The lowest BCUT2D eigenvalue weighted by Gasteiger charge is -2.07. The van der Waals surface area contributed by atoms with Crippen molar-refractivity contribution in [3.8, 4) is 0 Å². The fourth-order valence-electron chi connectivity index (χ4n) is 1.74. The predicted molar refractivity (Wildman–Crippen MR) is 89.3 cm³/mol. The quantitative estimate of drug-likeness (QED) is 0.791. The fourth-order valence-corrected chi connectivity index (χ4v) is 3.44. The van der Waals surface area contributed by atoms with E-state index >= 15 is 0 Å². The van der Waals surface area contributed by atoms with Gasteiger partial charge in [-0.25, -0.2) is 4.98 Å². The molecule has 0 aliphatic carbocycles. The number of nitrogens with one attached hydrogen (secondary N) is 1. The molecule has 21 heavy (non-hydrogen) atoms. The zero-order valence-electron chi connectivity index (χ0n) is 12.9. The highest BCUT2D eigenvalue weighted by molar-refractivity contribution is 8.01. The van der Waals surface area contributed by atoms with Crippen molar-refractivity contribution in [3.63, 3.8) is 0 Å². The van der Waals surface area contributed by atoms with Gasteiger partial charge in [0.25, 0.3) is 0 Å². The average molecular weight is 323 g/mol. The van der Waals surface area contributed by atoms with E-state index in [4.69, 9.17) is 0 Å². The van der Waals surface area contributed by atoms with Crippen molar-refractivity contribution in [1.29, 1.82) is 0 Å². The molecule has 1 N–H and O–H groups in total. The van der Waals surface area contributed by atoms with Gasteiger partial charge in [-0.05, 0) is 42.8 Å². The molecule has 0 bridgehead atoms. The van der Waals surface area contributed by atoms with E-state index in [1.165, 1.54) is 11.1 Å². The first-order valence-corrected chi connectivity index (χ1v) is 8.58. The van der Waals surface area contributed by atoms with Gasteiger partial charge < -0.3 is 10.2 Å². The molecule has 0 aliphatic rings. The summed E-state index contributed by atoms with van der Waals surface area (Å²) in [6.45, 7) is 6.16. The van der Waals surface area contributed by atoms with Crippen molar-refractivity contribution in [3.05, 3.63) is 23.4 Å². The molecule has 2 heterocycles. The minimum absolute atomic E-state index is 0.871. The van der Waals surface area contributed by atoms with E-state index in [0.717, 1.165) is 34.0 Å². The molecule has 0 saturated heterocycles. The van der Waals surface area contributed by atoms with E-state index in [0.29, 0.717) is 0 Å². The first kappa shape index (κ1) is 16.2. The number of anilines is 1. The molecule has 0 aromatic carbocycles. The van der Waals surface area contributed by atoms with Gasteiger partial charge in [0, 0.05) is 26.8 Å². The van der Waals surface area contributed by atoms with Crippen LogP contribution in [0.25, 0.3) is 0 Å². The van der Waals surface area contributed by atoms with Crippen LogP contribution in [0.4, 0.5) is 5.13 Å². The molecule has 7 heteroatoms. The summed E-state index contributed by atoms with van der Waals surface area (Å²) in [4.78, 5) is 6.52. The molecule has 0 radical (unpaired) electrons. The number of hydrogen-bond donors (Lipinski definition) is 1. The molecule has 0 spiro atoms. The number of pyridine rings is 1. The third-order valence-corrected chi connectivity index (χ3v) is 5.07. The monoisotopic (exact) mass is 323 g/mol. The highest BCUT2D eigenvalue weighted by atomic mass is 32.2. The van der Waals surface area contributed by atoms with E-state index in [9.17, 15) is 0 Å². The van der Waals surface area contributed by atoms with Crippen LogP contribution in [0.15, 0.2) is 21.6 Å². The van der Waals surface area contributed by atoms with Crippen molar-refractivity contribution in [2.45, 2.75) is 36.2 Å². The Balaban J connectivity index is 2.02. The molecule has 0 unspecified atom stereocenters. The van der Waals surface area contributed by atoms with Gasteiger partial charge in [0.1, 0.15) is 5.03 Å². The van der Waals surface area contributed by atoms with Crippen LogP contribution in [0, 0.1) is 6.92 Å². The zero-order chi connectivity index (χ0) is 15.2. The molecule has 114 valence electrons. The second kappa shape index (κ2) is 7.72. The molecule has 0 amide bonds. The van der Waals surface area contributed by atoms with Crippen LogP contribution < -0.4 is 10.2 Å². The number of aromatic nitrogens is 3. The second-order valence-electron chi connectivity index (χ2n) is 4.99. The minimum atomic E-state index is 0.871. The predicted octanol–water partition coefficient (Wildman–Crippen LogP) is 2.96. The Hall–Kier alpha value is -1.18. The first-order valence-electron chi connectivity index (χ1n) is 6.95. The van der Waals surface area contributed by atoms with Gasteiger partial charge in [0.15, 0.2) is 4.34 Å². The van der Waals surface area contributed by atoms with Gasteiger partial charge in [0.2, 0.25) is 5.13 Å². The van der Waals surface area contributed by atoms with Crippen LogP contribution in [-0.4, -0.2) is 35.8 Å². The molecule has 0 aliphatic heterocycles. The van der Waals surface area contributed by atoms with Gasteiger partial charge in [-0.1, -0.05) is 24.3 Å². The normalized spacial score (nSPS) is 10.9. The SMILES string of the molecule is CCCNCc1cnc(Sc2nnc(N(C)C)s2)c(C)c1. The van der Waals surface area contributed by atoms with E-state index < -0.39 is 0 Å². The maximum absolute atomic E-state index is 4.55. The standard InChI is InChI=1S/C14H21N5S2/c1-5-6-15-8-11-7-10(2)12(16-9-11)20-14-18-17-13(21-14)19(3)4/h7,9,15H,5-6,8H2,1-4H3. The van der Waals surface area contributed by atoms with Crippen molar-refractivity contribution in [1.82, 2.24) is 20.5 Å². The Bertz CT molecular complexity index is 582. The zero-order valence-corrected chi connectivity index (χ0v) is 14.5. The highest BCUT2D eigenvalue weighted by Gasteiger charge is 2.10. The largest absolute Gasteiger partial charge is 0.353 e. The summed E-state index contributed by atoms with van der Waals surface area (Å²) in [5.41, 5.74) is 2.40. The summed E-state index contributed by atoms with van der Waals surface area (Å²) >= 11 is 3.16. The summed E-state index contributed by atoms with van der Waals surface area (Å²) in [7, 11) is 3.94. The van der Waals surface area contributed by atoms with Crippen LogP contribution >= 0.6 is 23.1 Å². The molecule has 5 nitrogen and oxygen atoms in total. The van der Waals surface area contributed by atoms with Crippen molar-refractivity contribution in [2.24, 2.45) is 0 Å².